The molecule has 0 aliphatic heterocycles. The molecule has 4 heteroatoms. The standard InChI is InChI=1S/C13H14ClNOS/c1-2-9-3-4-10(15-8-9)7-12(16)13-11(14)5-6-17-13/h3-6,8,12,16H,2,7H2,1H3. The molecule has 2 heterocycles. The molecule has 0 spiro atoms. The van der Waals surface area contributed by atoms with Crippen molar-refractivity contribution in [2.45, 2.75) is 25.9 Å². The second-order valence-electron chi connectivity index (χ2n) is 3.86. The SMILES string of the molecule is CCc1ccc(CC(O)c2sccc2Cl)nc1. The summed E-state index contributed by atoms with van der Waals surface area (Å²) < 4.78 is 0. The van der Waals surface area contributed by atoms with E-state index < -0.39 is 6.10 Å². The van der Waals surface area contributed by atoms with Gasteiger partial charge in [0.15, 0.2) is 0 Å². The summed E-state index contributed by atoms with van der Waals surface area (Å²) in [5.41, 5.74) is 2.09. The lowest BCUT2D eigenvalue weighted by atomic mass is 10.1. The third kappa shape index (κ3) is 3.06. The molecular formula is C13H14ClNOS. The number of rotatable bonds is 4. The zero-order valence-electron chi connectivity index (χ0n) is 9.56. The largest absolute Gasteiger partial charge is 0.387 e. The van der Waals surface area contributed by atoms with Gasteiger partial charge in [-0.05, 0) is 29.5 Å². The summed E-state index contributed by atoms with van der Waals surface area (Å²) in [5.74, 6) is 0. The first-order chi connectivity index (χ1) is 8.20. The number of aromatic nitrogens is 1. The molecule has 90 valence electrons. The van der Waals surface area contributed by atoms with E-state index in [0.717, 1.165) is 17.0 Å². The molecule has 2 nitrogen and oxygen atoms in total. The summed E-state index contributed by atoms with van der Waals surface area (Å²) in [6.45, 7) is 2.09. The highest BCUT2D eigenvalue weighted by molar-refractivity contribution is 7.10. The van der Waals surface area contributed by atoms with Crippen LogP contribution in [0.4, 0.5) is 0 Å². The Labute approximate surface area is 110 Å². The molecule has 0 fully saturated rings. The van der Waals surface area contributed by atoms with Crippen LogP contribution in [-0.4, -0.2) is 10.1 Å². The van der Waals surface area contributed by atoms with Gasteiger partial charge < -0.3 is 5.11 Å². The zero-order valence-corrected chi connectivity index (χ0v) is 11.1. The van der Waals surface area contributed by atoms with Gasteiger partial charge in [0.1, 0.15) is 0 Å². The Morgan fingerprint density at radius 1 is 1.41 bits per heavy atom. The van der Waals surface area contributed by atoms with Crippen molar-refractivity contribution in [2.75, 3.05) is 0 Å². The Kier molecular flexibility index (Phi) is 4.15. The van der Waals surface area contributed by atoms with Gasteiger partial charge in [0.25, 0.3) is 0 Å². The molecule has 0 saturated heterocycles. The topological polar surface area (TPSA) is 33.1 Å². The molecule has 2 rings (SSSR count). The van der Waals surface area contributed by atoms with Crippen molar-refractivity contribution in [3.8, 4) is 0 Å². The molecule has 17 heavy (non-hydrogen) atoms. The molecule has 1 atom stereocenters. The summed E-state index contributed by atoms with van der Waals surface area (Å²) in [6.07, 6.45) is 2.78. The number of nitrogens with zero attached hydrogens (tertiary/aromatic N) is 1. The van der Waals surface area contributed by atoms with E-state index in [1.807, 2.05) is 23.7 Å². The Balaban J connectivity index is 2.07. The smallest absolute Gasteiger partial charge is 0.0952 e. The predicted molar refractivity (Wildman–Crippen MR) is 71.6 cm³/mol. The number of aliphatic hydroxyl groups is 1. The third-order valence-electron chi connectivity index (χ3n) is 2.64. The summed E-state index contributed by atoms with van der Waals surface area (Å²) in [5, 5.41) is 12.6. The maximum Gasteiger partial charge on any atom is 0.0952 e. The summed E-state index contributed by atoms with van der Waals surface area (Å²) in [7, 11) is 0. The van der Waals surface area contributed by atoms with Gasteiger partial charge in [0.2, 0.25) is 0 Å². The molecule has 0 aliphatic carbocycles. The predicted octanol–water partition coefficient (Wildman–Crippen LogP) is 3.64. The van der Waals surface area contributed by atoms with Crippen LogP contribution in [0.25, 0.3) is 0 Å². The van der Waals surface area contributed by atoms with E-state index in [4.69, 9.17) is 11.6 Å². The fourth-order valence-electron chi connectivity index (χ4n) is 1.62. The second-order valence-corrected chi connectivity index (χ2v) is 5.22. The molecule has 1 unspecified atom stereocenters. The zero-order chi connectivity index (χ0) is 12.3. The van der Waals surface area contributed by atoms with Gasteiger partial charge in [-0.3, -0.25) is 4.98 Å². The molecule has 0 aromatic carbocycles. The van der Waals surface area contributed by atoms with Crippen LogP contribution in [0.5, 0.6) is 0 Å². The first-order valence-electron chi connectivity index (χ1n) is 5.55. The third-order valence-corrected chi connectivity index (χ3v) is 4.10. The van der Waals surface area contributed by atoms with E-state index in [1.165, 1.54) is 16.9 Å². The maximum absolute atomic E-state index is 10.1. The van der Waals surface area contributed by atoms with Crippen molar-refractivity contribution in [2.24, 2.45) is 0 Å². The van der Waals surface area contributed by atoms with Crippen LogP contribution in [0.2, 0.25) is 5.02 Å². The Morgan fingerprint density at radius 3 is 2.76 bits per heavy atom. The van der Waals surface area contributed by atoms with Crippen molar-refractivity contribution >= 4 is 22.9 Å². The molecule has 0 aliphatic rings. The van der Waals surface area contributed by atoms with Gasteiger partial charge in [-0.1, -0.05) is 24.6 Å². The highest BCUT2D eigenvalue weighted by Crippen LogP contribution is 2.30. The van der Waals surface area contributed by atoms with Crippen molar-refractivity contribution in [1.82, 2.24) is 4.98 Å². The van der Waals surface area contributed by atoms with Crippen molar-refractivity contribution < 1.29 is 5.11 Å². The first kappa shape index (κ1) is 12.6. The van der Waals surface area contributed by atoms with Gasteiger partial charge in [-0.2, -0.15) is 0 Å². The molecule has 0 amide bonds. The van der Waals surface area contributed by atoms with Crippen molar-refractivity contribution in [3.63, 3.8) is 0 Å². The molecule has 2 aromatic heterocycles. The molecule has 0 bridgehead atoms. The summed E-state index contributed by atoms with van der Waals surface area (Å²) in [4.78, 5) is 5.14. The van der Waals surface area contributed by atoms with Gasteiger partial charge in [-0.25, -0.2) is 0 Å². The van der Waals surface area contributed by atoms with E-state index in [9.17, 15) is 5.11 Å². The molecule has 2 aromatic rings. The minimum Gasteiger partial charge on any atom is -0.387 e. The number of halogens is 1. The quantitative estimate of drug-likeness (QED) is 0.918. The minimum atomic E-state index is -0.567. The lowest BCUT2D eigenvalue weighted by Crippen LogP contribution is -2.02. The van der Waals surface area contributed by atoms with Crippen LogP contribution in [0.15, 0.2) is 29.8 Å². The van der Waals surface area contributed by atoms with E-state index in [-0.39, 0.29) is 0 Å². The fraction of sp³-hybridized carbons (Fsp3) is 0.308. The van der Waals surface area contributed by atoms with Crippen LogP contribution >= 0.6 is 22.9 Å². The molecular weight excluding hydrogens is 254 g/mol. The first-order valence-corrected chi connectivity index (χ1v) is 6.81. The van der Waals surface area contributed by atoms with Gasteiger partial charge in [0, 0.05) is 18.3 Å². The van der Waals surface area contributed by atoms with Gasteiger partial charge in [0.05, 0.1) is 16.0 Å². The van der Waals surface area contributed by atoms with Crippen molar-refractivity contribution in [1.29, 1.82) is 0 Å². The van der Waals surface area contributed by atoms with Crippen LogP contribution in [0.3, 0.4) is 0 Å². The molecule has 0 saturated carbocycles. The van der Waals surface area contributed by atoms with Crippen molar-refractivity contribution in [3.05, 3.63) is 50.9 Å². The van der Waals surface area contributed by atoms with Crippen LogP contribution in [0, 0.1) is 0 Å². The van der Waals surface area contributed by atoms with E-state index in [2.05, 4.69) is 11.9 Å². The van der Waals surface area contributed by atoms with Crippen LogP contribution in [0.1, 0.15) is 29.2 Å². The number of aliphatic hydroxyl groups excluding tert-OH is 1. The number of hydrogen-bond donors (Lipinski definition) is 1. The number of pyridine rings is 1. The Hall–Kier alpha value is -0.900. The number of hydrogen-bond acceptors (Lipinski definition) is 3. The molecule has 1 N–H and O–H groups in total. The molecule has 0 radical (unpaired) electrons. The highest BCUT2D eigenvalue weighted by atomic mass is 35.5. The highest BCUT2D eigenvalue weighted by Gasteiger charge is 2.14. The fourth-order valence-corrected chi connectivity index (χ4v) is 2.79. The summed E-state index contributed by atoms with van der Waals surface area (Å²) in [6, 6.07) is 5.81. The Bertz CT molecular complexity index is 480. The van der Waals surface area contributed by atoms with Gasteiger partial charge >= 0.3 is 0 Å². The number of thiophene rings is 1. The average molecular weight is 268 g/mol. The monoisotopic (exact) mass is 267 g/mol. The normalized spacial score (nSPS) is 12.6. The second kappa shape index (κ2) is 5.63. The minimum absolute atomic E-state index is 0.504. The van der Waals surface area contributed by atoms with Crippen LogP contribution < -0.4 is 0 Å². The van der Waals surface area contributed by atoms with E-state index in [0.29, 0.717) is 11.4 Å². The maximum atomic E-state index is 10.1. The van der Waals surface area contributed by atoms with Crippen LogP contribution in [-0.2, 0) is 12.8 Å². The lowest BCUT2D eigenvalue weighted by Gasteiger charge is -2.09. The lowest BCUT2D eigenvalue weighted by molar-refractivity contribution is 0.181. The number of aryl methyl sites for hydroxylation is 1. The summed E-state index contributed by atoms with van der Waals surface area (Å²) >= 11 is 7.45. The Morgan fingerprint density at radius 2 is 2.24 bits per heavy atom. The van der Waals surface area contributed by atoms with E-state index >= 15 is 0 Å². The van der Waals surface area contributed by atoms with Gasteiger partial charge in [-0.15, -0.1) is 11.3 Å². The van der Waals surface area contributed by atoms with E-state index in [1.54, 1.807) is 6.07 Å². The average Bonchev–Trinajstić information content (AvgIpc) is 2.76.